The van der Waals surface area contributed by atoms with E-state index >= 15 is 0 Å². The molecule has 3 saturated heterocycles. The van der Waals surface area contributed by atoms with Crippen LogP contribution in [-0.2, 0) is 23.9 Å². The summed E-state index contributed by atoms with van der Waals surface area (Å²) in [5.74, 6) is -2.63. The number of allylic oxidation sites excluding steroid dienone is 1. The molecule has 0 radical (unpaired) electrons. The Kier molecular flexibility index (Phi) is 9.99. The van der Waals surface area contributed by atoms with Gasteiger partial charge in [0.15, 0.2) is 0 Å². The average molecular weight is 561 g/mol. The fourth-order valence-corrected chi connectivity index (χ4v) is 7.58. The zero-order chi connectivity index (χ0) is 30.0. The van der Waals surface area contributed by atoms with Crippen LogP contribution in [0.1, 0.15) is 87.0 Å². The minimum absolute atomic E-state index is 0.0520. The molecule has 0 aliphatic carbocycles. The first-order chi connectivity index (χ1) is 18.7. The molecule has 2 bridgehead atoms. The van der Waals surface area contributed by atoms with Crippen molar-refractivity contribution in [2.75, 3.05) is 19.8 Å². The number of ether oxygens (including phenoxy) is 2. The van der Waals surface area contributed by atoms with Crippen molar-refractivity contribution in [2.45, 2.75) is 116 Å². The third-order valence-corrected chi connectivity index (χ3v) is 8.88. The molecule has 0 saturated carbocycles. The summed E-state index contributed by atoms with van der Waals surface area (Å²) in [5, 5.41) is 10.4. The summed E-state index contributed by atoms with van der Waals surface area (Å²) in [5.41, 5.74) is -1.73. The highest BCUT2D eigenvalue weighted by atomic mass is 16.6. The summed E-state index contributed by atoms with van der Waals surface area (Å²) < 4.78 is 12.2. The number of likely N-dealkylation sites (tertiary alicyclic amines) is 1. The largest absolute Gasteiger partial charge is 0.465 e. The summed E-state index contributed by atoms with van der Waals surface area (Å²) >= 11 is 0. The Morgan fingerprint density at radius 1 is 1.20 bits per heavy atom. The lowest BCUT2D eigenvalue weighted by Gasteiger charge is -2.46. The van der Waals surface area contributed by atoms with Gasteiger partial charge >= 0.3 is 5.97 Å². The smallest absolute Gasteiger partial charge is 0.312 e. The number of unbranched alkanes of at least 4 members (excludes halogenated alkanes) is 2. The number of aliphatic hydroxyl groups is 1. The van der Waals surface area contributed by atoms with Gasteiger partial charge in [0.1, 0.15) is 11.6 Å². The maximum absolute atomic E-state index is 14.7. The lowest BCUT2D eigenvalue weighted by atomic mass is 9.70. The molecular weight excluding hydrogens is 508 g/mol. The van der Waals surface area contributed by atoms with Crippen LogP contribution in [0.4, 0.5) is 0 Å². The molecule has 1 spiro atoms. The second-order valence-corrected chi connectivity index (χ2v) is 14.0. The maximum Gasteiger partial charge on any atom is 0.312 e. The number of fused-ring (bicyclic) bond motifs is 1. The number of carbonyl (C=O) groups is 3. The number of esters is 1. The molecule has 3 heterocycles. The summed E-state index contributed by atoms with van der Waals surface area (Å²) in [7, 11) is 0. The lowest BCUT2D eigenvalue weighted by Crippen LogP contribution is -2.63. The van der Waals surface area contributed by atoms with Gasteiger partial charge in [-0.25, -0.2) is 0 Å². The van der Waals surface area contributed by atoms with Crippen molar-refractivity contribution in [1.29, 1.82) is 0 Å². The first kappa shape index (κ1) is 32.3. The fraction of sp³-hybridized carbons (Fsp3) is 0.781. The lowest BCUT2D eigenvalue weighted by molar-refractivity contribution is -0.158. The van der Waals surface area contributed by atoms with Gasteiger partial charge in [0.2, 0.25) is 11.8 Å². The van der Waals surface area contributed by atoms with Gasteiger partial charge in [-0.3, -0.25) is 14.4 Å². The van der Waals surface area contributed by atoms with Crippen molar-refractivity contribution in [3.8, 4) is 0 Å². The first-order valence-corrected chi connectivity index (χ1v) is 15.0. The van der Waals surface area contributed by atoms with E-state index in [1.807, 2.05) is 38.7 Å². The number of hydrogen-bond donors (Lipinski definition) is 1. The highest BCUT2D eigenvalue weighted by Gasteiger charge is 2.76. The van der Waals surface area contributed by atoms with Crippen LogP contribution in [0, 0.1) is 23.2 Å². The van der Waals surface area contributed by atoms with Crippen molar-refractivity contribution in [2.24, 2.45) is 23.2 Å². The summed E-state index contributed by atoms with van der Waals surface area (Å²) in [4.78, 5) is 45.8. The molecule has 0 aromatic heterocycles. The van der Waals surface area contributed by atoms with E-state index in [1.54, 1.807) is 11.0 Å². The van der Waals surface area contributed by atoms with Gasteiger partial charge in [-0.1, -0.05) is 46.8 Å². The van der Waals surface area contributed by atoms with Crippen LogP contribution >= 0.6 is 0 Å². The molecule has 226 valence electrons. The van der Waals surface area contributed by atoms with Crippen molar-refractivity contribution in [3.05, 3.63) is 25.3 Å². The normalized spacial score (nSPS) is 28.5. The van der Waals surface area contributed by atoms with Crippen LogP contribution in [0.3, 0.4) is 0 Å². The second kappa shape index (κ2) is 12.4. The van der Waals surface area contributed by atoms with Crippen molar-refractivity contribution in [1.82, 2.24) is 9.80 Å². The molecule has 1 N–H and O–H groups in total. The molecular formula is C32H52N2O6. The van der Waals surface area contributed by atoms with E-state index in [9.17, 15) is 19.5 Å². The summed E-state index contributed by atoms with van der Waals surface area (Å²) in [6, 6.07) is -1.53. The molecule has 0 aromatic rings. The fourth-order valence-electron chi connectivity index (χ4n) is 7.58. The van der Waals surface area contributed by atoms with Crippen molar-refractivity contribution in [3.63, 3.8) is 0 Å². The minimum Gasteiger partial charge on any atom is -0.465 e. The van der Waals surface area contributed by atoms with Crippen LogP contribution in [0.5, 0.6) is 0 Å². The molecule has 0 aromatic carbocycles. The summed E-state index contributed by atoms with van der Waals surface area (Å²) in [6.07, 6.45) is 7.33. The Hall–Kier alpha value is -2.19. The first-order valence-electron chi connectivity index (χ1n) is 15.0. The minimum atomic E-state index is -1.13. The number of amides is 2. The van der Waals surface area contributed by atoms with Gasteiger partial charge in [0.05, 0.1) is 37.2 Å². The number of carbonyl (C=O) groups excluding carboxylic acids is 3. The number of rotatable bonds is 14. The predicted molar refractivity (Wildman–Crippen MR) is 155 cm³/mol. The molecule has 3 aliphatic rings. The second-order valence-electron chi connectivity index (χ2n) is 14.0. The quantitative estimate of drug-likeness (QED) is 0.191. The Bertz CT molecular complexity index is 969. The van der Waals surface area contributed by atoms with Gasteiger partial charge in [0, 0.05) is 12.1 Å². The SMILES string of the molecule is C=CCCCCOC(=O)[C@@H]1[C@H]2C(=O)N([C@@H](CO)C(C)C)C(C(=O)N(CC=C)C(C)(C)CC(C)(C)C)C23CC[C@H]1O3. The van der Waals surface area contributed by atoms with E-state index in [4.69, 9.17) is 9.47 Å². The number of nitrogens with zero attached hydrogens (tertiary/aromatic N) is 2. The van der Waals surface area contributed by atoms with E-state index in [2.05, 4.69) is 33.9 Å². The third kappa shape index (κ3) is 6.03. The predicted octanol–water partition coefficient (Wildman–Crippen LogP) is 4.51. The highest BCUT2D eigenvalue weighted by Crippen LogP contribution is 2.59. The average Bonchev–Trinajstić information content (AvgIpc) is 3.48. The van der Waals surface area contributed by atoms with Crippen molar-refractivity contribution >= 4 is 17.8 Å². The van der Waals surface area contributed by atoms with E-state index < -0.39 is 47.1 Å². The molecule has 2 unspecified atom stereocenters. The van der Waals surface area contributed by atoms with E-state index in [0.29, 0.717) is 25.8 Å². The molecule has 3 rings (SSSR count). The van der Waals surface area contributed by atoms with Gasteiger partial charge in [0.25, 0.3) is 0 Å². The van der Waals surface area contributed by atoms with Gasteiger partial charge in [-0.2, -0.15) is 0 Å². The van der Waals surface area contributed by atoms with Crippen LogP contribution in [0.2, 0.25) is 0 Å². The molecule has 2 amide bonds. The Morgan fingerprint density at radius 2 is 1.88 bits per heavy atom. The van der Waals surface area contributed by atoms with Gasteiger partial charge in [-0.05, 0) is 63.7 Å². The zero-order valence-corrected chi connectivity index (χ0v) is 25.8. The molecule has 3 fully saturated rings. The number of aliphatic hydroxyl groups excluding tert-OH is 1. The molecule has 3 aliphatic heterocycles. The monoisotopic (exact) mass is 560 g/mol. The van der Waals surface area contributed by atoms with Gasteiger partial charge in [-0.15, -0.1) is 13.2 Å². The molecule has 8 heteroatoms. The van der Waals surface area contributed by atoms with Crippen LogP contribution in [0.15, 0.2) is 25.3 Å². The van der Waals surface area contributed by atoms with E-state index in [0.717, 1.165) is 19.3 Å². The third-order valence-electron chi connectivity index (χ3n) is 8.88. The topological polar surface area (TPSA) is 96.4 Å². The Morgan fingerprint density at radius 3 is 2.42 bits per heavy atom. The van der Waals surface area contributed by atoms with E-state index in [1.165, 1.54) is 0 Å². The highest BCUT2D eigenvalue weighted by molar-refractivity contribution is 5.98. The Labute approximate surface area is 241 Å². The van der Waals surface area contributed by atoms with Crippen LogP contribution in [0.25, 0.3) is 0 Å². The van der Waals surface area contributed by atoms with Crippen LogP contribution in [-0.4, -0.2) is 81.8 Å². The van der Waals surface area contributed by atoms with Gasteiger partial charge < -0.3 is 24.4 Å². The van der Waals surface area contributed by atoms with E-state index in [-0.39, 0.29) is 36.4 Å². The zero-order valence-electron chi connectivity index (χ0n) is 25.8. The maximum atomic E-state index is 14.7. The molecule has 40 heavy (non-hydrogen) atoms. The standard InChI is InChI=1S/C32H52N2O6/c1-10-12-13-14-18-39-29(38)24-23-15-16-32(40-23)25(24)27(36)34(22(19-35)21(3)4)26(32)28(37)33(17-11-2)31(8,9)20-30(5,6)7/h10-11,21-26,35H,1-2,12-20H2,3-9H3/t22-,23+,24-,25-,26?,32?/m0/s1. The van der Waals surface area contributed by atoms with Crippen molar-refractivity contribution < 1.29 is 29.0 Å². The number of hydrogen-bond acceptors (Lipinski definition) is 6. The Balaban J connectivity index is 2.03. The van der Waals surface area contributed by atoms with Crippen LogP contribution < -0.4 is 0 Å². The molecule has 8 nitrogen and oxygen atoms in total. The molecule has 6 atom stereocenters. The summed E-state index contributed by atoms with van der Waals surface area (Å²) in [6.45, 7) is 22.3.